The summed E-state index contributed by atoms with van der Waals surface area (Å²) in [7, 11) is 6.98. The number of methoxy groups -OCH3 is 8. The zero-order chi connectivity index (χ0) is 41.0. The molecule has 10 nitrogen and oxygen atoms in total. The van der Waals surface area contributed by atoms with Gasteiger partial charge in [-0.15, -0.1) is 0 Å². The summed E-state index contributed by atoms with van der Waals surface area (Å²) in [6.45, 7) is 0. The molecule has 0 saturated carbocycles. The number of ether oxygens (including phenoxy) is 8. The summed E-state index contributed by atoms with van der Waals surface area (Å²) in [5.74, 6) is 1.27. The van der Waals surface area contributed by atoms with Gasteiger partial charge in [0.2, 0.25) is 9.84 Å². The number of rotatable bonds is 14. The highest BCUT2D eigenvalue weighted by Gasteiger charge is 2.28. The van der Waals surface area contributed by atoms with Crippen LogP contribution in [-0.2, 0) is 9.84 Å². The zero-order valence-electron chi connectivity index (χ0n) is 32.5. The average Bonchev–Trinajstić information content (AvgIpc) is 3.25. The summed E-state index contributed by atoms with van der Waals surface area (Å²) in [5, 5.41) is 0. The van der Waals surface area contributed by atoms with Gasteiger partial charge in [-0.05, 0) is 95.1 Å². The van der Waals surface area contributed by atoms with Crippen molar-refractivity contribution in [3.8, 4) is 90.5 Å². The minimum Gasteiger partial charge on any atom is -0.497 e. The van der Waals surface area contributed by atoms with Crippen LogP contribution in [0.3, 0.4) is 0 Å². The summed E-state index contributed by atoms with van der Waals surface area (Å²) >= 11 is 0. The molecule has 296 valence electrons. The maximum absolute atomic E-state index is 17.0. The molecule has 57 heavy (non-hydrogen) atoms. The summed E-state index contributed by atoms with van der Waals surface area (Å²) < 4.78 is 108. The standard InChI is InChI=1S/C44H40F2O10S/c1-49-29-9-25(10-30(17-29)50-2)39-21-37(22-40(43(39)45)26-11-31(51-3)18-32(12-26)52-4)57(47,48)38-23-41(27-13-33(53-5)19-34(14-27)54-6)44(46)42(24-38)28-15-35(55-7)20-36(16-28)56-8/h9-24H,1-8H3. The van der Waals surface area contributed by atoms with Gasteiger partial charge in [-0.2, -0.15) is 0 Å². The number of hydrogen-bond acceptors (Lipinski definition) is 10. The molecular weight excluding hydrogens is 759 g/mol. The van der Waals surface area contributed by atoms with Crippen LogP contribution >= 0.6 is 0 Å². The van der Waals surface area contributed by atoms with Gasteiger partial charge in [0, 0.05) is 46.5 Å². The first-order valence-corrected chi connectivity index (χ1v) is 18.7. The molecule has 6 aromatic rings. The van der Waals surface area contributed by atoms with Gasteiger partial charge in [-0.1, -0.05) is 0 Å². The first-order valence-electron chi connectivity index (χ1n) is 17.3. The molecule has 0 heterocycles. The molecule has 6 aromatic carbocycles. The molecule has 0 saturated heterocycles. The highest BCUT2D eigenvalue weighted by molar-refractivity contribution is 7.91. The third kappa shape index (κ3) is 8.10. The zero-order valence-corrected chi connectivity index (χ0v) is 33.3. The van der Waals surface area contributed by atoms with Crippen molar-refractivity contribution >= 4 is 9.84 Å². The molecule has 0 unspecified atom stereocenters. The van der Waals surface area contributed by atoms with Gasteiger partial charge >= 0.3 is 0 Å². The molecule has 0 radical (unpaired) electrons. The van der Waals surface area contributed by atoms with E-state index in [1.165, 1.54) is 81.1 Å². The van der Waals surface area contributed by atoms with Gasteiger partial charge in [0.05, 0.1) is 66.7 Å². The number of sulfone groups is 1. The van der Waals surface area contributed by atoms with E-state index in [1.54, 1.807) is 72.8 Å². The molecule has 0 aliphatic heterocycles. The van der Waals surface area contributed by atoms with Crippen LogP contribution in [0, 0.1) is 11.6 Å². The van der Waals surface area contributed by atoms with Crippen molar-refractivity contribution in [2.24, 2.45) is 0 Å². The Morgan fingerprint density at radius 3 is 0.649 bits per heavy atom. The minimum atomic E-state index is -4.60. The molecule has 6 rings (SSSR count). The van der Waals surface area contributed by atoms with Crippen molar-refractivity contribution in [1.29, 1.82) is 0 Å². The average molecular weight is 799 g/mol. The van der Waals surface area contributed by atoms with E-state index in [0.29, 0.717) is 46.0 Å². The molecule has 13 heteroatoms. The van der Waals surface area contributed by atoms with Crippen LogP contribution in [0.15, 0.2) is 107 Å². The van der Waals surface area contributed by atoms with Crippen LogP contribution in [0.2, 0.25) is 0 Å². The molecule has 0 bridgehead atoms. The molecular formula is C44H40F2O10S. The van der Waals surface area contributed by atoms with Crippen LogP contribution < -0.4 is 37.9 Å². The monoisotopic (exact) mass is 798 g/mol. The lowest BCUT2D eigenvalue weighted by molar-refractivity contribution is 0.394. The SMILES string of the molecule is COc1cc(OC)cc(-c2cc(S(=O)(=O)c3cc(-c4cc(OC)cc(OC)c4)c(F)c(-c4cc(OC)cc(OC)c4)c3)cc(-c3cc(OC)cc(OC)c3)c2F)c1. The van der Waals surface area contributed by atoms with Crippen LogP contribution in [0.1, 0.15) is 0 Å². The Morgan fingerprint density at radius 2 is 0.491 bits per heavy atom. The topological polar surface area (TPSA) is 108 Å². The lowest BCUT2D eigenvalue weighted by Crippen LogP contribution is -2.06. The lowest BCUT2D eigenvalue weighted by atomic mass is 9.97. The van der Waals surface area contributed by atoms with E-state index in [-0.39, 0.29) is 54.3 Å². The fraction of sp³-hybridized carbons (Fsp3) is 0.182. The van der Waals surface area contributed by atoms with Crippen LogP contribution in [0.4, 0.5) is 8.78 Å². The minimum absolute atomic E-state index is 0.0808. The summed E-state index contributed by atoms with van der Waals surface area (Å²) in [4.78, 5) is -0.597. The number of benzene rings is 6. The quantitative estimate of drug-likeness (QED) is 0.0990. The van der Waals surface area contributed by atoms with Crippen molar-refractivity contribution in [3.05, 3.63) is 109 Å². The van der Waals surface area contributed by atoms with Gasteiger partial charge in [0.1, 0.15) is 57.6 Å². The molecule has 0 fully saturated rings. The molecule has 0 aliphatic rings. The molecule has 0 atom stereocenters. The van der Waals surface area contributed by atoms with E-state index in [2.05, 4.69) is 0 Å². The molecule has 0 aliphatic carbocycles. The molecule has 0 aromatic heterocycles. The van der Waals surface area contributed by atoms with E-state index in [9.17, 15) is 0 Å². The number of halogens is 2. The van der Waals surface area contributed by atoms with Crippen LogP contribution in [-0.4, -0.2) is 65.3 Å². The van der Waals surface area contributed by atoms with Crippen LogP contribution in [0.25, 0.3) is 44.5 Å². The fourth-order valence-corrected chi connectivity index (χ4v) is 7.70. The normalized spacial score (nSPS) is 11.1. The van der Waals surface area contributed by atoms with Crippen molar-refractivity contribution in [2.45, 2.75) is 9.79 Å². The fourth-order valence-electron chi connectivity index (χ4n) is 6.33. The highest BCUT2D eigenvalue weighted by Crippen LogP contribution is 2.43. The van der Waals surface area contributed by atoms with Crippen molar-refractivity contribution in [3.63, 3.8) is 0 Å². The Balaban J connectivity index is 1.70. The van der Waals surface area contributed by atoms with Crippen molar-refractivity contribution in [2.75, 3.05) is 56.9 Å². The van der Waals surface area contributed by atoms with Gasteiger partial charge in [-0.25, -0.2) is 17.2 Å². The lowest BCUT2D eigenvalue weighted by Gasteiger charge is -2.18. The predicted molar refractivity (Wildman–Crippen MR) is 212 cm³/mol. The Kier molecular flexibility index (Phi) is 11.8. The van der Waals surface area contributed by atoms with Crippen LogP contribution in [0.5, 0.6) is 46.0 Å². The molecule has 0 N–H and O–H groups in total. The van der Waals surface area contributed by atoms with Gasteiger partial charge < -0.3 is 37.9 Å². The van der Waals surface area contributed by atoms with Crippen molar-refractivity contribution < 1.29 is 55.1 Å². The maximum Gasteiger partial charge on any atom is 0.206 e. The Bertz CT molecular complexity index is 2160. The summed E-state index contributed by atoms with van der Waals surface area (Å²) in [5.41, 5.74) is 0.748. The molecule has 0 spiro atoms. The highest BCUT2D eigenvalue weighted by atomic mass is 32.2. The Morgan fingerprint density at radius 1 is 0.316 bits per heavy atom. The van der Waals surface area contributed by atoms with E-state index in [0.717, 1.165) is 0 Å². The molecule has 0 amide bonds. The van der Waals surface area contributed by atoms with Gasteiger partial charge in [0.15, 0.2) is 0 Å². The van der Waals surface area contributed by atoms with Gasteiger partial charge in [0.25, 0.3) is 0 Å². The second kappa shape index (κ2) is 16.7. The van der Waals surface area contributed by atoms with E-state index in [4.69, 9.17) is 37.9 Å². The van der Waals surface area contributed by atoms with Gasteiger partial charge in [-0.3, -0.25) is 0 Å². The largest absolute Gasteiger partial charge is 0.497 e. The first kappa shape index (κ1) is 40.2. The second-order valence-corrected chi connectivity index (χ2v) is 14.5. The van der Waals surface area contributed by atoms with Crippen molar-refractivity contribution in [1.82, 2.24) is 0 Å². The van der Waals surface area contributed by atoms with E-state index in [1.807, 2.05) is 0 Å². The Hall–Kier alpha value is -6.47. The maximum atomic E-state index is 17.0. The second-order valence-electron chi connectivity index (χ2n) is 12.6. The third-order valence-electron chi connectivity index (χ3n) is 9.36. The smallest absolute Gasteiger partial charge is 0.206 e. The summed E-state index contributed by atoms with van der Waals surface area (Å²) in [6, 6.07) is 23.9. The third-order valence-corrected chi connectivity index (χ3v) is 11.1. The summed E-state index contributed by atoms with van der Waals surface area (Å²) in [6.07, 6.45) is 0. The first-order chi connectivity index (χ1) is 27.4. The number of hydrogen-bond donors (Lipinski definition) is 0. The predicted octanol–water partition coefficient (Wildman–Crippen LogP) is 9.53. The Labute approximate surface area is 330 Å². The van der Waals surface area contributed by atoms with E-state index < -0.39 is 21.5 Å². The van der Waals surface area contributed by atoms with E-state index >= 15 is 17.2 Å².